The summed E-state index contributed by atoms with van der Waals surface area (Å²) < 4.78 is 109. The molecule has 0 bridgehead atoms. The zero-order chi connectivity index (χ0) is 29.0. The molecule has 0 fully saturated rings. The van der Waals surface area contributed by atoms with Crippen LogP contribution < -0.4 is 25.2 Å². The Hall–Kier alpha value is -3.82. The number of alkyl halides is 6. The number of rotatable bonds is 9. The standard InChI is InChI=1S/C24H21F6N3O5S/c1-37-20-11-14(6-9-21(20)39(31,35)36)22(34)33-16-7-8-17(15(10-16)12-32-13-23(25,26)27)18-4-2-3-5-19(18)38-24(28,29)30/h2-11,32H,12-13H2,1H3,(H,33,34)(H2,31,35,36). The van der Waals surface area contributed by atoms with Crippen LogP contribution in [0.1, 0.15) is 15.9 Å². The number of nitrogens with two attached hydrogens (primary N) is 1. The second kappa shape index (κ2) is 11.5. The number of benzene rings is 3. The molecule has 0 unspecified atom stereocenters. The summed E-state index contributed by atoms with van der Waals surface area (Å²) >= 11 is 0. The number of hydrogen-bond acceptors (Lipinski definition) is 6. The Labute approximate surface area is 218 Å². The zero-order valence-electron chi connectivity index (χ0n) is 20.0. The molecule has 1 amide bonds. The number of para-hydroxylation sites is 1. The number of sulfonamides is 1. The molecule has 8 nitrogen and oxygen atoms in total. The van der Waals surface area contributed by atoms with Crippen LogP contribution in [0.4, 0.5) is 32.0 Å². The highest BCUT2D eigenvalue weighted by Gasteiger charge is 2.32. The van der Waals surface area contributed by atoms with Crippen molar-refractivity contribution in [2.24, 2.45) is 5.14 Å². The van der Waals surface area contributed by atoms with Crippen LogP contribution in [0.3, 0.4) is 0 Å². The van der Waals surface area contributed by atoms with Crippen LogP contribution >= 0.6 is 0 Å². The van der Waals surface area contributed by atoms with Crippen molar-refractivity contribution in [3.05, 3.63) is 71.8 Å². The molecule has 0 aliphatic heterocycles. The Morgan fingerprint density at radius 1 is 0.923 bits per heavy atom. The molecule has 0 saturated carbocycles. The second-order valence-electron chi connectivity index (χ2n) is 8.00. The molecule has 3 rings (SSSR count). The summed E-state index contributed by atoms with van der Waals surface area (Å²) in [6.07, 6.45) is -9.57. The molecule has 0 heterocycles. The smallest absolute Gasteiger partial charge is 0.495 e. The third-order valence-electron chi connectivity index (χ3n) is 5.14. The van der Waals surface area contributed by atoms with Gasteiger partial charge in [-0.3, -0.25) is 4.79 Å². The van der Waals surface area contributed by atoms with Crippen molar-refractivity contribution < 1.29 is 49.0 Å². The fourth-order valence-electron chi connectivity index (χ4n) is 3.57. The highest BCUT2D eigenvalue weighted by Crippen LogP contribution is 2.36. The molecule has 0 spiro atoms. The van der Waals surface area contributed by atoms with Crippen molar-refractivity contribution in [1.82, 2.24) is 5.32 Å². The molecule has 0 radical (unpaired) electrons. The maximum absolute atomic E-state index is 12.9. The SMILES string of the molecule is COc1cc(C(=O)Nc2ccc(-c3ccccc3OC(F)(F)F)c(CNCC(F)(F)F)c2)ccc1S(N)(=O)=O. The lowest BCUT2D eigenvalue weighted by molar-refractivity contribution is -0.274. The zero-order valence-corrected chi connectivity index (χ0v) is 20.8. The Balaban J connectivity index is 1.97. The molecule has 39 heavy (non-hydrogen) atoms. The van der Waals surface area contributed by atoms with Crippen molar-refractivity contribution in [1.29, 1.82) is 0 Å². The molecule has 0 aliphatic carbocycles. The number of methoxy groups -OCH3 is 1. The summed E-state index contributed by atoms with van der Waals surface area (Å²) in [4.78, 5) is 12.5. The van der Waals surface area contributed by atoms with E-state index in [0.717, 1.165) is 18.2 Å². The lowest BCUT2D eigenvalue weighted by atomic mass is 9.98. The van der Waals surface area contributed by atoms with Gasteiger partial charge in [0, 0.05) is 23.4 Å². The van der Waals surface area contributed by atoms with E-state index in [1.807, 2.05) is 0 Å². The molecule has 210 valence electrons. The van der Waals surface area contributed by atoms with Gasteiger partial charge in [0.25, 0.3) is 5.91 Å². The first kappa shape index (κ1) is 29.7. The molecule has 0 atom stereocenters. The van der Waals surface area contributed by atoms with E-state index in [-0.39, 0.29) is 38.6 Å². The van der Waals surface area contributed by atoms with Gasteiger partial charge in [-0.05, 0) is 47.5 Å². The van der Waals surface area contributed by atoms with E-state index in [0.29, 0.717) is 0 Å². The van der Waals surface area contributed by atoms with Gasteiger partial charge in [0.1, 0.15) is 16.4 Å². The first-order chi connectivity index (χ1) is 18.1. The van der Waals surface area contributed by atoms with Crippen molar-refractivity contribution in [3.63, 3.8) is 0 Å². The number of anilines is 1. The summed E-state index contributed by atoms with van der Waals surface area (Å²) in [5.41, 5.74) is 0.263. The minimum Gasteiger partial charge on any atom is -0.495 e. The normalized spacial score (nSPS) is 12.2. The number of amides is 1. The van der Waals surface area contributed by atoms with Gasteiger partial charge in [0.2, 0.25) is 10.0 Å². The van der Waals surface area contributed by atoms with Gasteiger partial charge in [-0.2, -0.15) is 13.2 Å². The molecule has 4 N–H and O–H groups in total. The van der Waals surface area contributed by atoms with E-state index in [2.05, 4.69) is 15.4 Å². The predicted octanol–water partition coefficient (Wildman–Crippen LogP) is 4.81. The highest BCUT2D eigenvalue weighted by molar-refractivity contribution is 7.89. The molecular weight excluding hydrogens is 556 g/mol. The van der Waals surface area contributed by atoms with E-state index < -0.39 is 47.3 Å². The molecule has 0 saturated heterocycles. The van der Waals surface area contributed by atoms with Crippen LogP contribution in [0, 0.1) is 0 Å². The van der Waals surface area contributed by atoms with Gasteiger partial charge in [0.15, 0.2) is 0 Å². The quantitative estimate of drug-likeness (QED) is 0.314. The van der Waals surface area contributed by atoms with E-state index in [1.54, 1.807) is 0 Å². The average Bonchev–Trinajstić information content (AvgIpc) is 2.82. The maximum atomic E-state index is 12.9. The number of ether oxygens (including phenoxy) is 2. The fraction of sp³-hybridized carbons (Fsp3) is 0.208. The third kappa shape index (κ3) is 8.33. The fourth-order valence-corrected chi connectivity index (χ4v) is 4.25. The minimum atomic E-state index is -5.02. The summed E-state index contributed by atoms with van der Waals surface area (Å²) in [7, 11) is -2.97. The van der Waals surface area contributed by atoms with Gasteiger partial charge in [-0.1, -0.05) is 24.3 Å². The lowest BCUT2D eigenvalue weighted by Gasteiger charge is -2.18. The number of hydrogen-bond donors (Lipinski definition) is 3. The van der Waals surface area contributed by atoms with Crippen LogP contribution in [0.25, 0.3) is 11.1 Å². The van der Waals surface area contributed by atoms with E-state index >= 15 is 0 Å². The van der Waals surface area contributed by atoms with Gasteiger partial charge >= 0.3 is 12.5 Å². The first-order valence-electron chi connectivity index (χ1n) is 10.8. The molecular formula is C24H21F6N3O5S. The molecule has 0 aromatic heterocycles. The van der Waals surface area contributed by atoms with Gasteiger partial charge < -0.3 is 20.1 Å². The van der Waals surface area contributed by atoms with Crippen LogP contribution in [-0.2, 0) is 16.6 Å². The van der Waals surface area contributed by atoms with Crippen molar-refractivity contribution in [2.75, 3.05) is 19.0 Å². The Kier molecular flexibility index (Phi) is 8.77. The number of carbonyl (C=O) groups is 1. The summed E-state index contributed by atoms with van der Waals surface area (Å²) in [5.74, 6) is -1.50. The molecule has 0 aliphatic rings. The third-order valence-corrected chi connectivity index (χ3v) is 6.09. The number of halogens is 6. The summed E-state index contributed by atoms with van der Waals surface area (Å²) in [5, 5.41) is 9.81. The van der Waals surface area contributed by atoms with Crippen molar-refractivity contribution >= 4 is 21.6 Å². The number of primary sulfonamides is 1. The monoisotopic (exact) mass is 577 g/mol. The van der Waals surface area contributed by atoms with E-state index in [9.17, 15) is 39.6 Å². The lowest BCUT2D eigenvalue weighted by Crippen LogP contribution is -2.28. The Bertz CT molecular complexity index is 1460. The van der Waals surface area contributed by atoms with Gasteiger partial charge in [0.05, 0.1) is 13.7 Å². The van der Waals surface area contributed by atoms with E-state index in [1.165, 1.54) is 49.6 Å². The predicted molar refractivity (Wildman–Crippen MR) is 129 cm³/mol. The summed E-state index contributed by atoms with van der Waals surface area (Å²) in [6.45, 7) is -1.80. The molecule has 15 heteroatoms. The maximum Gasteiger partial charge on any atom is 0.573 e. The first-order valence-corrected chi connectivity index (χ1v) is 12.4. The molecule has 3 aromatic carbocycles. The van der Waals surface area contributed by atoms with Crippen molar-refractivity contribution in [2.45, 2.75) is 24.0 Å². The van der Waals surface area contributed by atoms with Gasteiger partial charge in [-0.25, -0.2) is 13.6 Å². The average molecular weight is 578 g/mol. The highest BCUT2D eigenvalue weighted by atomic mass is 32.2. The van der Waals surface area contributed by atoms with Crippen LogP contribution in [0.2, 0.25) is 0 Å². The van der Waals surface area contributed by atoms with Crippen LogP contribution in [-0.4, -0.2) is 40.5 Å². The topological polar surface area (TPSA) is 120 Å². The number of carbonyl (C=O) groups excluding carboxylic acids is 1. The minimum absolute atomic E-state index is 0.0380. The van der Waals surface area contributed by atoms with Gasteiger partial charge in [-0.15, -0.1) is 13.2 Å². The Morgan fingerprint density at radius 3 is 2.23 bits per heavy atom. The van der Waals surface area contributed by atoms with Crippen LogP contribution in [0.5, 0.6) is 11.5 Å². The molecule has 3 aromatic rings. The Morgan fingerprint density at radius 2 is 1.62 bits per heavy atom. The van der Waals surface area contributed by atoms with Crippen molar-refractivity contribution in [3.8, 4) is 22.6 Å². The van der Waals surface area contributed by atoms with Crippen LogP contribution in [0.15, 0.2) is 65.6 Å². The summed E-state index contributed by atoms with van der Waals surface area (Å²) in [6, 6.07) is 12.4. The largest absolute Gasteiger partial charge is 0.573 e. The van der Waals surface area contributed by atoms with E-state index in [4.69, 9.17) is 9.88 Å². The second-order valence-corrected chi connectivity index (χ2v) is 9.53. The number of nitrogens with one attached hydrogen (secondary N) is 2.